The summed E-state index contributed by atoms with van der Waals surface area (Å²) >= 11 is 3.48. The maximum Gasteiger partial charge on any atom is 0.262 e. The van der Waals surface area contributed by atoms with Crippen LogP contribution < -0.4 is 25.0 Å². The van der Waals surface area contributed by atoms with E-state index in [1.165, 1.54) is 6.21 Å². The predicted octanol–water partition coefficient (Wildman–Crippen LogP) is 4.78. The van der Waals surface area contributed by atoms with Crippen molar-refractivity contribution in [3.8, 4) is 17.2 Å². The van der Waals surface area contributed by atoms with Crippen LogP contribution in [0, 0.1) is 12.8 Å². The van der Waals surface area contributed by atoms with Gasteiger partial charge in [-0.3, -0.25) is 9.59 Å². The third kappa shape index (κ3) is 9.37. The number of carbonyl (C=O) groups excluding carboxylic acids is 2. The van der Waals surface area contributed by atoms with E-state index in [2.05, 4.69) is 38.4 Å². The minimum absolute atomic E-state index is 0.176. The molecule has 2 aromatic carbocycles. The number of nitrogens with zero attached hydrogens (tertiary/aromatic N) is 1. The zero-order chi connectivity index (χ0) is 26.5. The molecular weight excluding hydrogens is 526 g/mol. The summed E-state index contributed by atoms with van der Waals surface area (Å²) in [4.78, 5) is 25.3. The first kappa shape index (κ1) is 28.9. The number of nitrogens with one attached hydrogen (secondary N) is 2. The number of amides is 2. The van der Waals surface area contributed by atoms with Gasteiger partial charge in [0.15, 0.2) is 18.1 Å². The molecule has 2 aromatic rings. The van der Waals surface area contributed by atoms with Gasteiger partial charge in [-0.05, 0) is 71.4 Å². The SMILES string of the molecule is C=CCOc1c(Br)cc(/C=N\NC(=O)[C@@H](CC(C)C)NC(=O)COc2ccccc2C)cc1OCC. The summed E-state index contributed by atoms with van der Waals surface area (Å²) in [5.74, 6) is 1.10. The monoisotopic (exact) mass is 559 g/mol. The maximum atomic E-state index is 12.8. The van der Waals surface area contributed by atoms with Gasteiger partial charge in [-0.2, -0.15) is 5.10 Å². The Morgan fingerprint density at radius 1 is 1.14 bits per heavy atom. The summed E-state index contributed by atoms with van der Waals surface area (Å²) in [6.07, 6.45) is 3.60. The van der Waals surface area contributed by atoms with Gasteiger partial charge in [-0.1, -0.05) is 44.7 Å². The van der Waals surface area contributed by atoms with Crippen molar-refractivity contribution in [1.82, 2.24) is 10.7 Å². The number of benzene rings is 2. The van der Waals surface area contributed by atoms with Gasteiger partial charge >= 0.3 is 0 Å². The number of aryl methyl sites for hydroxylation is 1. The summed E-state index contributed by atoms with van der Waals surface area (Å²) in [6.45, 7) is 12.0. The van der Waals surface area contributed by atoms with Gasteiger partial charge in [0.25, 0.3) is 11.8 Å². The number of hydrazone groups is 1. The van der Waals surface area contributed by atoms with Crippen molar-refractivity contribution >= 4 is 34.0 Å². The highest BCUT2D eigenvalue weighted by Crippen LogP contribution is 2.36. The zero-order valence-corrected chi connectivity index (χ0v) is 22.8. The smallest absolute Gasteiger partial charge is 0.262 e. The number of halogens is 1. The van der Waals surface area contributed by atoms with Crippen LogP contribution in [0.25, 0.3) is 0 Å². The normalized spacial score (nSPS) is 11.7. The summed E-state index contributed by atoms with van der Waals surface area (Å²) in [5, 5.41) is 6.82. The first-order chi connectivity index (χ1) is 17.2. The van der Waals surface area contributed by atoms with Gasteiger partial charge in [0.1, 0.15) is 18.4 Å². The number of rotatable bonds is 14. The molecule has 0 fully saturated rings. The van der Waals surface area contributed by atoms with Gasteiger partial charge < -0.3 is 19.5 Å². The molecule has 0 aliphatic heterocycles. The first-order valence-electron chi connectivity index (χ1n) is 11.8. The van der Waals surface area contributed by atoms with E-state index in [1.54, 1.807) is 24.3 Å². The Bertz CT molecular complexity index is 1070. The average Bonchev–Trinajstić information content (AvgIpc) is 2.82. The van der Waals surface area contributed by atoms with Crippen molar-refractivity contribution in [2.45, 2.75) is 40.2 Å². The van der Waals surface area contributed by atoms with Crippen molar-refractivity contribution in [3.05, 3.63) is 64.7 Å². The second-order valence-corrected chi connectivity index (χ2v) is 9.26. The number of para-hydroxylation sites is 1. The second kappa shape index (κ2) is 14.9. The molecule has 2 amide bonds. The molecule has 0 unspecified atom stereocenters. The average molecular weight is 560 g/mol. The Morgan fingerprint density at radius 2 is 1.89 bits per heavy atom. The number of carbonyl (C=O) groups is 2. The molecule has 194 valence electrons. The first-order valence-corrected chi connectivity index (χ1v) is 12.5. The number of ether oxygens (including phenoxy) is 3. The highest BCUT2D eigenvalue weighted by atomic mass is 79.9. The van der Waals surface area contributed by atoms with Gasteiger partial charge in [-0.25, -0.2) is 5.43 Å². The van der Waals surface area contributed by atoms with E-state index in [0.717, 1.165) is 5.56 Å². The van der Waals surface area contributed by atoms with E-state index in [-0.39, 0.29) is 18.4 Å². The molecule has 0 aromatic heterocycles. The van der Waals surface area contributed by atoms with Crippen LogP contribution in [-0.4, -0.2) is 43.9 Å². The summed E-state index contributed by atoms with van der Waals surface area (Å²) < 4.78 is 17.6. The van der Waals surface area contributed by atoms with Crippen LogP contribution in [0.4, 0.5) is 0 Å². The Kier molecular flexibility index (Phi) is 12.0. The van der Waals surface area contributed by atoms with Crippen LogP contribution in [-0.2, 0) is 9.59 Å². The third-order valence-electron chi connectivity index (χ3n) is 4.88. The Morgan fingerprint density at radius 3 is 2.56 bits per heavy atom. The molecule has 9 heteroatoms. The Balaban J connectivity index is 2.03. The van der Waals surface area contributed by atoms with E-state index < -0.39 is 11.9 Å². The standard InChI is InChI=1S/C27H34BrN3O5/c1-6-12-35-26-21(28)14-20(15-24(26)34-7-2)16-29-31-27(33)22(13-18(3)4)30-25(32)17-36-23-11-9-8-10-19(23)5/h6,8-11,14-16,18,22H,1,7,12-13,17H2,2-5H3,(H,30,32)(H,31,33)/b29-16-/t22-/m1/s1. The fourth-order valence-electron chi connectivity index (χ4n) is 3.26. The lowest BCUT2D eigenvalue weighted by Crippen LogP contribution is -2.47. The molecule has 0 saturated heterocycles. The molecule has 0 bridgehead atoms. The molecule has 2 rings (SSSR count). The third-order valence-corrected chi connectivity index (χ3v) is 5.47. The fraction of sp³-hybridized carbons (Fsp3) is 0.370. The summed E-state index contributed by atoms with van der Waals surface area (Å²) in [5.41, 5.74) is 4.13. The Labute approximate surface area is 221 Å². The minimum atomic E-state index is -0.754. The molecule has 0 spiro atoms. The molecule has 8 nitrogen and oxygen atoms in total. The van der Waals surface area contributed by atoms with E-state index in [9.17, 15) is 9.59 Å². The van der Waals surface area contributed by atoms with E-state index in [4.69, 9.17) is 14.2 Å². The molecule has 0 heterocycles. The maximum absolute atomic E-state index is 12.8. The molecule has 2 N–H and O–H groups in total. The van der Waals surface area contributed by atoms with Gasteiger partial charge in [0, 0.05) is 0 Å². The van der Waals surface area contributed by atoms with Crippen molar-refractivity contribution in [3.63, 3.8) is 0 Å². The van der Waals surface area contributed by atoms with Crippen molar-refractivity contribution < 1.29 is 23.8 Å². The number of hydrogen-bond donors (Lipinski definition) is 2. The van der Waals surface area contributed by atoms with Gasteiger partial charge in [-0.15, -0.1) is 0 Å². The molecule has 36 heavy (non-hydrogen) atoms. The lowest BCUT2D eigenvalue weighted by Gasteiger charge is -2.19. The molecule has 0 aliphatic rings. The Hall–Kier alpha value is -3.33. The lowest BCUT2D eigenvalue weighted by molar-refractivity contribution is -0.130. The van der Waals surface area contributed by atoms with E-state index in [1.807, 2.05) is 45.9 Å². The van der Waals surface area contributed by atoms with Crippen molar-refractivity contribution in [2.75, 3.05) is 19.8 Å². The summed E-state index contributed by atoms with van der Waals surface area (Å²) in [6, 6.07) is 10.2. The van der Waals surface area contributed by atoms with Crippen LogP contribution in [0.1, 0.15) is 38.3 Å². The van der Waals surface area contributed by atoms with Gasteiger partial charge in [0.2, 0.25) is 0 Å². The van der Waals surface area contributed by atoms with Crippen LogP contribution >= 0.6 is 15.9 Å². The second-order valence-electron chi connectivity index (χ2n) is 8.40. The van der Waals surface area contributed by atoms with Crippen molar-refractivity contribution in [2.24, 2.45) is 11.0 Å². The molecule has 0 radical (unpaired) electrons. The minimum Gasteiger partial charge on any atom is -0.490 e. The number of hydrogen-bond acceptors (Lipinski definition) is 6. The highest BCUT2D eigenvalue weighted by Gasteiger charge is 2.22. The van der Waals surface area contributed by atoms with Crippen LogP contribution in [0.2, 0.25) is 0 Å². The van der Waals surface area contributed by atoms with Crippen LogP contribution in [0.5, 0.6) is 17.2 Å². The predicted molar refractivity (Wildman–Crippen MR) is 145 cm³/mol. The van der Waals surface area contributed by atoms with E-state index >= 15 is 0 Å². The topological polar surface area (TPSA) is 98.2 Å². The fourth-order valence-corrected chi connectivity index (χ4v) is 3.83. The lowest BCUT2D eigenvalue weighted by atomic mass is 10.0. The molecular formula is C27H34BrN3O5. The zero-order valence-electron chi connectivity index (χ0n) is 21.2. The van der Waals surface area contributed by atoms with Crippen LogP contribution in [0.3, 0.4) is 0 Å². The quantitative estimate of drug-likeness (QED) is 0.197. The van der Waals surface area contributed by atoms with Crippen molar-refractivity contribution in [1.29, 1.82) is 0 Å². The van der Waals surface area contributed by atoms with Crippen LogP contribution in [0.15, 0.2) is 58.6 Å². The molecule has 0 aliphatic carbocycles. The molecule has 0 saturated carbocycles. The molecule has 1 atom stereocenters. The summed E-state index contributed by atoms with van der Waals surface area (Å²) in [7, 11) is 0. The van der Waals surface area contributed by atoms with E-state index in [0.29, 0.717) is 46.9 Å². The van der Waals surface area contributed by atoms with Gasteiger partial charge in [0.05, 0.1) is 17.3 Å². The highest BCUT2D eigenvalue weighted by molar-refractivity contribution is 9.10. The largest absolute Gasteiger partial charge is 0.490 e.